The Bertz CT molecular complexity index is 780. The van der Waals surface area contributed by atoms with Crippen molar-refractivity contribution in [2.45, 2.75) is 12.1 Å². The van der Waals surface area contributed by atoms with E-state index in [1.807, 2.05) is 66.7 Å². The molecule has 0 aliphatic rings. The number of amides is 1. The van der Waals surface area contributed by atoms with Gasteiger partial charge < -0.3 is 4.90 Å². The third-order valence-electron chi connectivity index (χ3n) is 4.27. The van der Waals surface area contributed by atoms with Crippen molar-refractivity contribution >= 4 is 5.91 Å². The zero-order valence-electron chi connectivity index (χ0n) is 15.0. The summed E-state index contributed by atoms with van der Waals surface area (Å²) in [4.78, 5) is 19.0. The quantitative estimate of drug-likeness (QED) is 0.742. The van der Waals surface area contributed by atoms with Gasteiger partial charge in [0.05, 0.1) is 11.7 Å². The van der Waals surface area contributed by atoms with Crippen LogP contribution in [0, 0.1) is 0 Å². The van der Waals surface area contributed by atoms with Gasteiger partial charge in [-0.2, -0.15) is 0 Å². The number of rotatable bonds is 6. The van der Waals surface area contributed by atoms with Gasteiger partial charge in [-0.05, 0) is 23.3 Å². The van der Waals surface area contributed by atoms with Crippen LogP contribution in [0.1, 0.15) is 28.9 Å². The third kappa shape index (κ3) is 4.16. The van der Waals surface area contributed by atoms with E-state index < -0.39 is 6.04 Å². The predicted octanol–water partition coefficient (Wildman–Crippen LogP) is 3.59. The minimum Gasteiger partial charge on any atom is -0.347 e. The first-order valence-corrected chi connectivity index (χ1v) is 8.65. The fourth-order valence-electron chi connectivity index (χ4n) is 2.93. The number of likely N-dealkylation sites (N-methyl/N-ethyl adjacent to an activating group) is 1. The highest BCUT2D eigenvalue weighted by Crippen LogP contribution is 2.25. The summed E-state index contributed by atoms with van der Waals surface area (Å²) in [6, 6.07) is 25.1. The smallest absolute Gasteiger partial charge is 0.243 e. The van der Waals surface area contributed by atoms with Crippen LogP contribution in [-0.4, -0.2) is 29.9 Å². The first-order chi connectivity index (χ1) is 12.7. The monoisotopic (exact) mass is 345 g/mol. The maximum absolute atomic E-state index is 12.9. The molecular formula is C22H23N3O. The first kappa shape index (κ1) is 17.8. The van der Waals surface area contributed by atoms with Gasteiger partial charge in [0.25, 0.3) is 0 Å². The zero-order chi connectivity index (χ0) is 18.4. The molecule has 0 fully saturated rings. The van der Waals surface area contributed by atoms with E-state index >= 15 is 0 Å². The lowest BCUT2D eigenvalue weighted by Crippen LogP contribution is -2.39. The average molecular weight is 345 g/mol. The normalized spacial score (nSPS) is 13.0. The molecule has 0 saturated heterocycles. The van der Waals surface area contributed by atoms with Crippen molar-refractivity contribution < 1.29 is 4.79 Å². The summed E-state index contributed by atoms with van der Waals surface area (Å²) in [7, 11) is 3.55. The van der Waals surface area contributed by atoms with E-state index in [0.29, 0.717) is 0 Å². The number of nitrogens with zero attached hydrogens (tertiary/aromatic N) is 2. The van der Waals surface area contributed by atoms with Crippen molar-refractivity contribution in [3.63, 3.8) is 0 Å². The second-order valence-electron chi connectivity index (χ2n) is 6.34. The highest BCUT2D eigenvalue weighted by atomic mass is 16.2. The van der Waals surface area contributed by atoms with Crippen molar-refractivity contribution in [1.82, 2.24) is 15.2 Å². The minimum absolute atomic E-state index is 0.00747. The van der Waals surface area contributed by atoms with Crippen molar-refractivity contribution in [2.24, 2.45) is 0 Å². The molecule has 1 aromatic heterocycles. The van der Waals surface area contributed by atoms with Gasteiger partial charge in [-0.3, -0.25) is 15.1 Å². The summed E-state index contributed by atoms with van der Waals surface area (Å²) in [5, 5.41) is 3.53. The summed E-state index contributed by atoms with van der Waals surface area (Å²) in [6.07, 6.45) is 1.78. The lowest BCUT2D eigenvalue weighted by Gasteiger charge is -2.27. The molecule has 2 aromatic carbocycles. The molecule has 4 nitrogen and oxygen atoms in total. The standard InChI is InChI=1S/C22H23N3O/c1-25(2)22(26)21(18-13-7-4-8-14-18)24-20(17-11-5-3-6-12-17)19-15-9-10-16-23-19/h3-16,20-21,24H,1-2H3/t20-,21-/m1/s1. The maximum Gasteiger partial charge on any atom is 0.243 e. The Balaban J connectivity index is 2.01. The summed E-state index contributed by atoms with van der Waals surface area (Å²) in [5.74, 6) is 0.00747. The van der Waals surface area contributed by atoms with Crippen LogP contribution in [0.15, 0.2) is 85.1 Å². The van der Waals surface area contributed by atoms with Crippen LogP contribution < -0.4 is 5.32 Å². The topological polar surface area (TPSA) is 45.2 Å². The molecule has 4 heteroatoms. The fourth-order valence-corrected chi connectivity index (χ4v) is 2.93. The number of carbonyl (C=O) groups excluding carboxylic acids is 1. The Labute approximate surface area is 154 Å². The van der Waals surface area contributed by atoms with Gasteiger partial charge >= 0.3 is 0 Å². The molecule has 3 rings (SSSR count). The van der Waals surface area contributed by atoms with E-state index in [1.165, 1.54) is 0 Å². The Kier molecular flexibility index (Phi) is 5.77. The Hall–Kier alpha value is -2.98. The van der Waals surface area contributed by atoms with Crippen molar-refractivity contribution in [2.75, 3.05) is 14.1 Å². The molecule has 0 aliphatic carbocycles. The van der Waals surface area contributed by atoms with Gasteiger partial charge in [0, 0.05) is 20.3 Å². The highest BCUT2D eigenvalue weighted by molar-refractivity contribution is 5.83. The molecule has 26 heavy (non-hydrogen) atoms. The third-order valence-corrected chi connectivity index (χ3v) is 4.27. The summed E-state index contributed by atoms with van der Waals surface area (Å²) in [6.45, 7) is 0. The molecule has 1 N–H and O–H groups in total. The molecule has 0 unspecified atom stereocenters. The summed E-state index contributed by atoms with van der Waals surface area (Å²) < 4.78 is 0. The van der Waals surface area contributed by atoms with E-state index in [0.717, 1.165) is 16.8 Å². The fraction of sp³-hybridized carbons (Fsp3) is 0.182. The van der Waals surface area contributed by atoms with Crippen LogP contribution >= 0.6 is 0 Å². The van der Waals surface area contributed by atoms with Crippen molar-refractivity contribution in [3.05, 3.63) is 102 Å². The van der Waals surface area contributed by atoms with Gasteiger partial charge in [0.2, 0.25) is 5.91 Å². The van der Waals surface area contributed by atoms with E-state index in [4.69, 9.17) is 0 Å². The van der Waals surface area contributed by atoms with Gasteiger partial charge in [-0.25, -0.2) is 0 Å². The molecule has 3 aromatic rings. The second-order valence-corrected chi connectivity index (χ2v) is 6.34. The minimum atomic E-state index is -0.460. The highest BCUT2D eigenvalue weighted by Gasteiger charge is 2.27. The summed E-state index contributed by atoms with van der Waals surface area (Å²) in [5.41, 5.74) is 2.88. The number of benzene rings is 2. The predicted molar refractivity (Wildman–Crippen MR) is 104 cm³/mol. The number of hydrogen-bond donors (Lipinski definition) is 1. The van der Waals surface area contributed by atoms with Gasteiger partial charge in [0.15, 0.2) is 0 Å². The van der Waals surface area contributed by atoms with Crippen LogP contribution in [-0.2, 0) is 4.79 Å². The van der Waals surface area contributed by atoms with Crippen LogP contribution in [0.5, 0.6) is 0 Å². The van der Waals surface area contributed by atoms with E-state index in [1.54, 1.807) is 25.2 Å². The molecule has 2 atom stereocenters. The molecule has 0 saturated carbocycles. The van der Waals surface area contributed by atoms with E-state index in [2.05, 4.69) is 22.4 Å². The number of pyridine rings is 1. The maximum atomic E-state index is 12.9. The average Bonchev–Trinajstić information content (AvgIpc) is 2.70. The van der Waals surface area contributed by atoms with Crippen LogP contribution in [0.4, 0.5) is 0 Å². The SMILES string of the molecule is CN(C)C(=O)[C@H](N[C@H](c1ccccc1)c1ccccn1)c1ccccc1. The summed E-state index contributed by atoms with van der Waals surface area (Å²) >= 11 is 0. The number of nitrogens with one attached hydrogen (secondary N) is 1. The largest absolute Gasteiger partial charge is 0.347 e. The van der Waals surface area contributed by atoms with Crippen LogP contribution in [0.3, 0.4) is 0 Å². The molecular weight excluding hydrogens is 322 g/mol. The Morgan fingerprint density at radius 2 is 1.42 bits per heavy atom. The van der Waals surface area contributed by atoms with Gasteiger partial charge in [-0.15, -0.1) is 0 Å². The molecule has 0 aliphatic heterocycles. The second kappa shape index (κ2) is 8.41. The van der Waals surface area contributed by atoms with Gasteiger partial charge in [-0.1, -0.05) is 66.7 Å². The number of carbonyl (C=O) groups is 1. The van der Waals surface area contributed by atoms with Crippen LogP contribution in [0.25, 0.3) is 0 Å². The lowest BCUT2D eigenvalue weighted by molar-refractivity contribution is -0.131. The molecule has 0 bridgehead atoms. The van der Waals surface area contributed by atoms with Crippen molar-refractivity contribution in [3.8, 4) is 0 Å². The van der Waals surface area contributed by atoms with E-state index in [9.17, 15) is 4.79 Å². The Morgan fingerprint density at radius 3 is 1.96 bits per heavy atom. The molecule has 1 heterocycles. The van der Waals surface area contributed by atoms with Crippen LogP contribution in [0.2, 0.25) is 0 Å². The van der Waals surface area contributed by atoms with Crippen molar-refractivity contribution in [1.29, 1.82) is 0 Å². The van der Waals surface area contributed by atoms with E-state index in [-0.39, 0.29) is 11.9 Å². The number of aromatic nitrogens is 1. The lowest BCUT2D eigenvalue weighted by atomic mass is 9.99. The molecule has 1 amide bonds. The van der Waals surface area contributed by atoms with Gasteiger partial charge in [0.1, 0.15) is 6.04 Å². The molecule has 132 valence electrons. The molecule has 0 radical (unpaired) electrons. The Morgan fingerprint density at radius 1 is 0.846 bits per heavy atom. The molecule has 0 spiro atoms. The zero-order valence-corrected chi connectivity index (χ0v) is 15.0. The number of hydrogen-bond acceptors (Lipinski definition) is 3. The first-order valence-electron chi connectivity index (χ1n) is 8.65.